The van der Waals surface area contributed by atoms with Gasteiger partial charge in [-0.2, -0.15) is 0 Å². The fraction of sp³-hybridized carbons (Fsp3) is 0.227. The summed E-state index contributed by atoms with van der Waals surface area (Å²) in [6.07, 6.45) is 27.4. The van der Waals surface area contributed by atoms with Gasteiger partial charge in [0.1, 0.15) is 102 Å². The molecule has 0 aliphatic rings. The maximum Gasteiger partial charge on any atom is 1.00 e. The zero-order valence-electron chi connectivity index (χ0n) is 81.8. The normalized spacial score (nSPS) is 10.5. The van der Waals surface area contributed by atoms with Crippen molar-refractivity contribution in [3.05, 3.63) is 384 Å². The van der Waals surface area contributed by atoms with Crippen LogP contribution in [-0.2, 0) is 89.1 Å². The van der Waals surface area contributed by atoms with Gasteiger partial charge >= 0.3 is 18.9 Å². The van der Waals surface area contributed by atoms with Crippen molar-refractivity contribution < 1.29 is 120 Å². The van der Waals surface area contributed by atoms with Crippen molar-refractivity contribution in [3.8, 4) is 57.5 Å². The molecule has 0 aromatic heterocycles. The summed E-state index contributed by atoms with van der Waals surface area (Å²) in [6, 6.07) is 53.8. The maximum absolute atomic E-state index is 13.1. The predicted molar refractivity (Wildman–Crippen MR) is 554 cm³/mol. The van der Waals surface area contributed by atoms with E-state index in [9.17, 15) is 38.0 Å². The first-order chi connectivity index (χ1) is 67.2. The van der Waals surface area contributed by atoms with Gasteiger partial charge in [0.05, 0.1) is 35.5 Å². The summed E-state index contributed by atoms with van der Waals surface area (Å²) in [6.45, 7) is 21.7. The van der Waals surface area contributed by atoms with Crippen molar-refractivity contribution in [1.82, 2.24) is 27.4 Å². The topological polar surface area (TPSA) is 342 Å². The van der Waals surface area contributed by atoms with Crippen LogP contribution >= 0.6 is 47.8 Å². The van der Waals surface area contributed by atoms with E-state index < -0.39 is 29.5 Å². The van der Waals surface area contributed by atoms with E-state index in [0.717, 1.165) is 91.3 Å². The van der Waals surface area contributed by atoms with Gasteiger partial charge in [-0.05, 0) is 281 Å². The van der Waals surface area contributed by atoms with Crippen molar-refractivity contribution in [2.24, 2.45) is 0 Å². The van der Waals surface area contributed by atoms with Crippen molar-refractivity contribution in [1.29, 1.82) is 0 Å². The van der Waals surface area contributed by atoms with Crippen molar-refractivity contribution in [2.45, 2.75) is 134 Å². The number of carbonyl (C=O) groups is 5. The van der Waals surface area contributed by atoms with Gasteiger partial charge in [-0.1, -0.05) is 167 Å². The van der Waals surface area contributed by atoms with Crippen molar-refractivity contribution in [3.63, 3.8) is 0 Å². The third kappa shape index (κ3) is 41.9. The Balaban J connectivity index is 0.000000310. The third-order valence-electron chi connectivity index (χ3n) is 20.0. The number of carbonyl (C=O) groups excluding carboxylic acids is 5. The molecular formula is C110H119Br3F2LiN5O20. The van der Waals surface area contributed by atoms with E-state index in [0.29, 0.717) is 126 Å². The molecule has 0 saturated heterocycles. The van der Waals surface area contributed by atoms with Crippen LogP contribution in [0.25, 0.3) is 30.4 Å². The molecule has 0 aliphatic carbocycles. The molecule has 0 spiro atoms. The number of amides is 5. The third-order valence-corrected chi connectivity index (χ3v) is 21.6. The van der Waals surface area contributed by atoms with Crippen LogP contribution in [0.1, 0.15) is 153 Å². The van der Waals surface area contributed by atoms with Gasteiger partial charge in [0.25, 0.3) is 23.6 Å². The molecule has 0 fully saturated rings. The fourth-order valence-corrected chi connectivity index (χ4v) is 13.6. The number of hydroxylamine groups is 5. The second-order valence-corrected chi connectivity index (χ2v) is 34.6. The van der Waals surface area contributed by atoms with Crippen LogP contribution in [0, 0.1) is 16.8 Å². The van der Waals surface area contributed by atoms with Gasteiger partial charge in [-0.15, -0.1) is 0 Å². The van der Waals surface area contributed by atoms with Crippen LogP contribution in [0.3, 0.4) is 0 Å². The van der Waals surface area contributed by atoms with E-state index in [2.05, 4.69) is 78.2 Å². The Morgan fingerprint density at radius 2 is 0.454 bits per heavy atom. The standard InChI is InChI=1S/2C22H24BrNO4.C22H23BrNO4.2C22H24FNO4.Li/c5*1-15(2)4-11-19-20(27-3)12-7-17(8-13-21(25)24-26)22(19)28-14-16-5-9-18(23)10-6-16;/h2*4-10,12-13,26H,11,14H2,1-3H3,(H,24,25);4-10,12-13H,11,14H2,1-3H3,(H-,24,25,26);2*4-10,12-13,26H,11,14H2,1-3H3,(H,24,25);/q;;-1;;;+1/b13-8+;13-8-;2*13-8+;13-8-;. The van der Waals surface area contributed by atoms with Gasteiger partial charge in [0, 0.05) is 99.4 Å². The minimum atomic E-state index is -0.722. The Morgan fingerprint density at radius 1 is 0.284 bits per heavy atom. The number of ether oxygens (including phenoxy) is 10. The van der Waals surface area contributed by atoms with Gasteiger partial charge in [0.15, 0.2) is 0 Å². The molecule has 141 heavy (non-hydrogen) atoms. The Morgan fingerprint density at radius 3 is 0.610 bits per heavy atom. The second-order valence-electron chi connectivity index (χ2n) is 31.9. The summed E-state index contributed by atoms with van der Waals surface area (Å²) in [4.78, 5) is 56.9. The van der Waals surface area contributed by atoms with E-state index >= 15 is 0 Å². The van der Waals surface area contributed by atoms with Gasteiger partial charge in [-0.3, -0.25) is 44.8 Å². The first kappa shape index (κ1) is 118. The molecule has 0 saturated carbocycles. The first-order valence-corrected chi connectivity index (χ1v) is 46.2. The van der Waals surface area contributed by atoms with E-state index in [1.807, 2.05) is 172 Å². The molecule has 0 heterocycles. The quantitative estimate of drug-likeness (QED) is 0.00566. The molecule has 9 N–H and O–H groups in total. The monoisotopic (exact) mass is 2110 g/mol. The van der Waals surface area contributed by atoms with Gasteiger partial charge in [-0.25, -0.2) is 30.7 Å². The summed E-state index contributed by atoms with van der Waals surface area (Å²) < 4.78 is 87.4. The second kappa shape index (κ2) is 64.1. The molecule has 0 radical (unpaired) electrons. The van der Waals surface area contributed by atoms with E-state index in [1.165, 1.54) is 76.8 Å². The van der Waals surface area contributed by atoms with Gasteiger partial charge in [0.2, 0.25) is 5.91 Å². The molecule has 10 aromatic carbocycles. The number of benzene rings is 10. The summed E-state index contributed by atoms with van der Waals surface area (Å²) in [7, 11) is 8.02. The summed E-state index contributed by atoms with van der Waals surface area (Å²) in [5, 5.41) is 45.4. The smallest absolute Gasteiger partial charge is 0.759 e. The average Bonchev–Trinajstić information content (AvgIpc) is 0.831. The molecule has 31 heteroatoms. The van der Waals surface area contributed by atoms with Gasteiger partial charge < -0.3 is 58.1 Å². The molecule has 740 valence electrons. The largest absolute Gasteiger partial charge is 1.00 e. The minimum absolute atomic E-state index is 0. The van der Waals surface area contributed by atoms with Crippen molar-refractivity contribution >= 4 is 108 Å². The molecule has 10 rings (SSSR count). The fourth-order valence-electron chi connectivity index (χ4n) is 12.8. The molecule has 0 bridgehead atoms. The summed E-state index contributed by atoms with van der Waals surface area (Å²) in [5.41, 5.74) is 25.9. The predicted octanol–water partition coefficient (Wildman–Crippen LogP) is 21.2. The van der Waals surface area contributed by atoms with Crippen LogP contribution in [0.2, 0.25) is 0 Å². The molecule has 0 atom stereocenters. The Hall–Kier alpha value is -13.4. The Labute approximate surface area is 860 Å². The molecular weight excluding hydrogens is 2000 g/mol. The molecule has 5 amide bonds. The SMILES string of the molecule is COc1ccc(/C=C/C(=O)NO)c(OCc2ccc(Br)cc2)c1CC=C(C)C.COc1ccc(/C=C/C(=O)NO)c(OCc2ccc(F)cc2)c1CC=C(C)C.COc1ccc(/C=C/C(=O)N[O-])c(OCc2ccc(Br)cc2)c1CC=C(C)C.COc1ccc(/C=C\C(=O)NO)c(OCc2ccc(Br)cc2)c1CC=C(C)C.COc1ccc(/C=C\C(=O)NO)c(OCc2ccc(F)cc2)c1CC=C(C)C.[Li+]. The van der Waals surface area contributed by atoms with Crippen LogP contribution < -0.4 is 93.6 Å². The van der Waals surface area contributed by atoms with E-state index in [4.69, 9.17) is 68.2 Å². The number of methoxy groups -OCH3 is 5. The average molecular weight is 2120 g/mol. The molecule has 0 unspecified atom stereocenters. The van der Waals surface area contributed by atoms with Crippen LogP contribution in [0.15, 0.2) is 284 Å². The minimum Gasteiger partial charge on any atom is -0.759 e. The number of rotatable bonds is 40. The summed E-state index contributed by atoms with van der Waals surface area (Å²) >= 11 is 10.3. The van der Waals surface area contributed by atoms with Crippen molar-refractivity contribution in [2.75, 3.05) is 35.5 Å². The van der Waals surface area contributed by atoms with E-state index in [-0.39, 0.29) is 43.7 Å². The molecule has 25 nitrogen and oxygen atoms in total. The zero-order chi connectivity index (χ0) is 103. The molecule has 10 aromatic rings. The Bertz CT molecular complexity index is 5210. The number of hydrogen-bond acceptors (Lipinski definition) is 20. The number of hydrogen-bond donors (Lipinski definition) is 9. The van der Waals surface area contributed by atoms with Crippen LogP contribution in [0.4, 0.5) is 8.78 Å². The molecule has 0 aliphatic heterocycles. The van der Waals surface area contributed by atoms with Crippen LogP contribution in [-0.4, -0.2) is 85.9 Å². The van der Waals surface area contributed by atoms with E-state index in [1.54, 1.807) is 142 Å². The Kier molecular flexibility index (Phi) is 53.7. The summed E-state index contributed by atoms with van der Waals surface area (Å²) in [5.74, 6) is 2.61. The number of halogens is 5. The first-order valence-electron chi connectivity index (χ1n) is 43.8. The van der Waals surface area contributed by atoms with Crippen LogP contribution in [0.5, 0.6) is 57.5 Å². The number of allylic oxidation sites excluding steroid dienone is 10. The zero-order valence-corrected chi connectivity index (χ0v) is 86.5. The number of nitrogens with one attached hydrogen (secondary N) is 5. The maximum atomic E-state index is 13.1.